The largest absolute Gasteiger partial charge is 0.268 e. The van der Waals surface area contributed by atoms with Gasteiger partial charge in [0.15, 0.2) is 0 Å². The molecule has 1 aromatic heterocycles. The zero-order valence-electron chi connectivity index (χ0n) is 9.36. The van der Waals surface area contributed by atoms with Gasteiger partial charge in [0.25, 0.3) is 0 Å². The van der Waals surface area contributed by atoms with Crippen LogP contribution in [-0.4, -0.2) is 9.78 Å². The fraction of sp³-hybridized carbons (Fsp3) is 0.308. The molecule has 1 aromatic carbocycles. The Morgan fingerprint density at radius 3 is 2.62 bits per heavy atom. The third-order valence-corrected chi connectivity index (χ3v) is 2.48. The van der Waals surface area contributed by atoms with Crippen LogP contribution in [0.1, 0.15) is 24.5 Å². The third kappa shape index (κ3) is 2.69. The number of nitrogens with zero attached hydrogens (tertiary/aromatic N) is 2. The molecule has 0 spiro atoms. The van der Waals surface area contributed by atoms with Crippen molar-refractivity contribution < 1.29 is 4.39 Å². The van der Waals surface area contributed by atoms with Crippen LogP contribution in [0.4, 0.5) is 4.39 Å². The highest BCUT2D eigenvalue weighted by Crippen LogP contribution is 2.07. The van der Waals surface area contributed by atoms with Crippen LogP contribution < -0.4 is 0 Å². The van der Waals surface area contributed by atoms with E-state index in [9.17, 15) is 4.39 Å². The maximum atomic E-state index is 12.7. The van der Waals surface area contributed by atoms with Crippen molar-refractivity contribution in [2.45, 2.75) is 26.3 Å². The maximum absolute atomic E-state index is 12.7. The molecule has 0 atom stereocenters. The average molecular weight is 218 g/mol. The van der Waals surface area contributed by atoms with Gasteiger partial charge in [0.1, 0.15) is 5.82 Å². The van der Waals surface area contributed by atoms with Crippen LogP contribution in [0.25, 0.3) is 0 Å². The summed E-state index contributed by atoms with van der Waals surface area (Å²) in [6.07, 6.45) is 6.13. The number of halogens is 1. The Labute approximate surface area is 94.7 Å². The number of aryl methyl sites for hydroxylation is 1. The van der Waals surface area contributed by atoms with E-state index in [1.807, 2.05) is 17.1 Å². The van der Waals surface area contributed by atoms with E-state index in [1.165, 1.54) is 17.7 Å². The summed E-state index contributed by atoms with van der Waals surface area (Å²) < 4.78 is 14.6. The normalized spacial score (nSPS) is 10.6. The van der Waals surface area contributed by atoms with Gasteiger partial charge in [-0.25, -0.2) is 4.39 Å². The molecule has 0 radical (unpaired) electrons. The summed E-state index contributed by atoms with van der Waals surface area (Å²) in [6, 6.07) is 6.53. The topological polar surface area (TPSA) is 17.8 Å². The van der Waals surface area contributed by atoms with E-state index in [-0.39, 0.29) is 5.82 Å². The predicted molar refractivity (Wildman–Crippen MR) is 61.7 cm³/mol. The lowest BCUT2D eigenvalue weighted by atomic mass is 10.2. The standard InChI is InChI=1S/C13H15FN2/c1-2-3-12-8-15-16(10-12)9-11-4-6-13(14)7-5-11/h4-8,10H,2-3,9H2,1H3. The Bertz CT molecular complexity index is 445. The fourth-order valence-corrected chi connectivity index (χ4v) is 1.69. The molecule has 1 heterocycles. The molecule has 0 saturated carbocycles. The number of aromatic nitrogens is 2. The molecule has 0 fully saturated rings. The molecule has 0 amide bonds. The molecule has 84 valence electrons. The van der Waals surface area contributed by atoms with Crippen molar-refractivity contribution >= 4 is 0 Å². The summed E-state index contributed by atoms with van der Waals surface area (Å²) in [5.74, 6) is -0.198. The molecule has 3 heteroatoms. The summed E-state index contributed by atoms with van der Waals surface area (Å²) >= 11 is 0. The van der Waals surface area contributed by atoms with Gasteiger partial charge in [-0.1, -0.05) is 25.5 Å². The van der Waals surface area contributed by atoms with E-state index < -0.39 is 0 Å². The van der Waals surface area contributed by atoms with Crippen LogP contribution in [0.2, 0.25) is 0 Å². The van der Waals surface area contributed by atoms with Crippen LogP contribution in [0.15, 0.2) is 36.7 Å². The lowest BCUT2D eigenvalue weighted by Crippen LogP contribution is -1.99. The van der Waals surface area contributed by atoms with Gasteiger partial charge >= 0.3 is 0 Å². The molecule has 0 aliphatic heterocycles. The third-order valence-electron chi connectivity index (χ3n) is 2.48. The summed E-state index contributed by atoms with van der Waals surface area (Å²) in [5, 5.41) is 4.28. The van der Waals surface area contributed by atoms with Crippen molar-refractivity contribution in [1.82, 2.24) is 9.78 Å². The van der Waals surface area contributed by atoms with E-state index in [4.69, 9.17) is 0 Å². The molecule has 0 saturated heterocycles. The van der Waals surface area contributed by atoms with Crippen molar-refractivity contribution in [3.8, 4) is 0 Å². The monoisotopic (exact) mass is 218 g/mol. The van der Waals surface area contributed by atoms with E-state index in [0.29, 0.717) is 6.54 Å². The zero-order valence-corrected chi connectivity index (χ0v) is 9.36. The van der Waals surface area contributed by atoms with Crippen molar-refractivity contribution in [1.29, 1.82) is 0 Å². The smallest absolute Gasteiger partial charge is 0.123 e. The second kappa shape index (κ2) is 4.92. The lowest BCUT2D eigenvalue weighted by Gasteiger charge is -2.01. The molecule has 16 heavy (non-hydrogen) atoms. The molecule has 0 aliphatic carbocycles. The van der Waals surface area contributed by atoms with Crippen LogP contribution in [-0.2, 0) is 13.0 Å². The highest BCUT2D eigenvalue weighted by molar-refractivity contribution is 5.16. The molecule has 2 nitrogen and oxygen atoms in total. The summed E-state index contributed by atoms with van der Waals surface area (Å²) in [5.41, 5.74) is 2.32. The van der Waals surface area contributed by atoms with Gasteiger partial charge in [-0.15, -0.1) is 0 Å². The van der Waals surface area contributed by atoms with Gasteiger partial charge in [-0.3, -0.25) is 4.68 Å². The van der Waals surface area contributed by atoms with E-state index in [0.717, 1.165) is 18.4 Å². The predicted octanol–water partition coefficient (Wildman–Crippen LogP) is 3.02. The second-order valence-electron chi connectivity index (χ2n) is 3.92. The van der Waals surface area contributed by atoms with E-state index in [1.54, 1.807) is 12.1 Å². The van der Waals surface area contributed by atoms with Gasteiger partial charge in [0, 0.05) is 6.20 Å². The number of hydrogen-bond acceptors (Lipinski definition) is 1. The lowest BCUT2D eigenvalue weighted by molar-refractivity contribution is 0.624. The molecule has 0 N–H and O–H groups in total. The Hall–Kier alpha value is -1.64. The molecule has 0 unspecified atom stereocenters. The summed E-state index contributed by atoms with van der Waals surface area (Å²) in [6.45, 7) is 2.85. The second-order valence-corrected chi connectivity index (χ2v) is 3.92. The van der Waals surface area contributed by atoms with Crippen LogP contribution in [0.5, 0.6) is 0 Å². The Morgan fingerprint density at radius 2 is 1.94 bits per heavy atom. The molecular weight excluding hydrogens is 203 g/mol. The van der Waals surface area contributed by atoms with E-state index >= 15 is 0 Å². The molecule has 2 rings (SSSR count). The first kappa shape index (κ1) is 10.9. The first-order chi connectivity index (χ1) is 7.78. The minimum atomic E-state index is -0.198. The van der Waals surface area contributed by atoms with Gasteiger partial charge in [0.05, 0.1) is 12.7 Å². The van der Waals surface area contributed by atoms with Crippen LogP contribution in [0.3, 0.4) is 0 Å². The van der Waals surface area contributed by atoms with Crippen molar-refractivity contribution in [3.05, 3.63) is 53.6 Å². The molecule has 0 aliphatic rings. The van der Waals surface area contributed by atoms with Gasteiger partial charge in [-0.2, -0.15) is 5.10 Å². The van der Waals surface area contributed by atoms with E-state index in [2.05, 4.69) is 12.0 Å². The fourth-order valence-electron chi connectivity index (χ4n) is 1.69. The summed E-state index contributed by atoms with van der Waals surface area (Å²) in [7, 11) is 0. The minimum Gasteiger partial charge on any atom is -0.268 e. The van der Waals surface area contributed by atoms with Gasteiger partial charge in [0.2, 0.25) is 0 Å². The Kier molecular flexibility index (Phi) is 3.34. The first-order valence-corrected chi connectivity index (χ1v) is 5.53. The molecular formula is C13H15FN2. The van der Waals surface area contributed by atoms with Crippen molar-refractivity contribution in [2.24, 2.45) is 0 Å². The maximum Gasteiger partial charge on any atom is 0.123 e. The average Bonchev–Trinajstić information content (AvgIpc) is 2.70. The number of benzene rings is 1. The zero-order chi connectivity index (χ0) is 11.4. The molecule has 0 bridgehead atoms. The van der Waals surface area contributed by atoms with Crippen LogP contribution >= 0.6 is 0 Å². The number of rotatable bonds is 4. The highest BCUT2D eigenvalue weighted by atomic mass is 19.1. The molecule has 2 aromatic rings. The Morgan fingerprint density at radius 1 is 1.19 bits per heavy atom. The summed E-state index contributed by atoms with van der Waals surface area (Å²) in [4.78, 5) is 0. The number of hydrogen-bond donors (Lipinski definition) is 0. The van der Waals surface area contributed by atoms with Crippen molar-refractivity contribution in [2.75, 3.05) is 0 Å². The van der Waals surface area contributed by atoms with Gasteiger partial charge in [-0.05, 0) is 29.7 Å². The minimum absolute atomic E-state index is 0.198. The SMILES string of the molecule is CCCc1cnn(Cc2ccc(F)cc2)c1. The quantitative estimate of drug-likeness (QED) is 0.771. The highest BCUT2D eigenvalue weighted by Gasteiger charge is 1.99. The van der Waals surface area contributed by atoms with Crippen LogP contribution in [0, 0.1) is 5.82 Å². The first-order valence-electron chi connectivity index (χ1n) is 5.53. The van der Waals surface area contributed by atoms with Crippen molar-refractivity contribution in [3.63, 3.8) is 0 Å². The Balaban J connectivity index is 2.05. The van der Waals surface area contributed by atoms with Gasteiger partial charge < -0.3 is 0 Å².